The van der Waals surface area contributed by atoms with Gasteiger partial charge >= 0.3 is 0 Å². The van der Waals surface area contributed by atoms with E-state index in [2.05, 4.69) is 6.58 Å². The SMILES string of the molecule is C=CCCC(O)CN1CCN(CCOC)C(=O)C1. The number of nitrogens with zero attached hydrogens (tertiary/aromatic N) is 2. The Balaban J connectivity index is 2.27. The fourth-order valence-corrected chi connectivity index (χ4v) is 2.05. The number of carbonyl (C=O) groups excluding carboxylic acids is 1. The van der Waals surface area contributed by atoms with Gasteiger partial charge in [-0.1, -0.05) is 6.08 Å². The first kappa shape index (κ1) is 15.1. The van der Waals surface area contributed by atoms with Gasteiger partial charge in [0, 0.05) is 33.3 Å². The molecular weight excluding hydrogens is 232 g/mol. The van der Waals surface area contributed by atoms with Crippen LogP contribution in [0.1, 0.15) is 12.8 Å². The zero-order valence-corrected chi connectivity index (χ0v) is 11.2. The number of methoxy groups -OCH3 is 1. The fraction of sp³-hybridized carbons (Fsp3) is 0.769. The highest BCUT2D eigenvalue weighted by Gasteiger charge is 2.24. The lowest BCUT2D eigenvalue weighted by Gasteiger charge is -2.35. The van der Waals surface area contributed by atoms with Crippen molar-refractivity contribution in [2.75, 3.05) is 46.4 Å². The van der Waals surface area contributed by atoms with Crippen LogP contribution in [-0.2, 0) is 9.53 Å². The van der Waals surface area contributed by atoms with Gasteiger partial charge in [0.05, 0.1) is 19.3 Å². The first-order valence-electron chi connectivity index (χ1n) is 6.45. The zero-order valence-electron chi connectivity index (χ0n) is 11.2. The molecule has 1 heterocycles. The molecule has 1 aliphatic rings. The Kier molecular flexibility index (Phi) is 6.93. The number of ether oxygens (including phenoxy) is 1. The summed E-state index contributed by atoms with van der Waals surface area (Å²) in [6.07, 6.45) is 2.95. The maximum Gasteiger partial charge on any atom is 0.236 e. The summed E-state index contributed by atoms with van der Waals surface area (Å²) in [5.74, 6) is 0.120. The van der Waals surface area contributed by atoms with Gasteiger partial charge < -0.3 is 14.7 Å². The molecule has 0 aromatic heterocycles. The second-order valence-corrected chi connectivity index (χ2v) is 4.63. The Morgan fingerprint density at radius 3 is 2.94 bits per heavy atom. The molecule has 18 heavy (non-hydrogen) atoms. The van der Waals surface area contributed by atoms with Crippen molar-refractivity contribution in [3.8, 4) is 0 Å². The van der Waals surface area contributed by atoms with Gasteiger partial charge in [-0.25, -0.2) is 0 Å². The van der Waals surface area contributed by atoms with Crippen molar-refractivity contribution < 1.29 is 14.6 Å². The molecule has 1 fully saturated rings. The molecule has 0 aromatic carbocycles. The molecule has 0 bridgehead atoms. The lowest BCUT2D eigenvalue weighted by molar-refractivity contribution is -0.137. The van der Waals surface area contributed by atoms with E-state index in [9.17, 15) is 9.90 Å². The molecule has 1 rings (SSSR count). The summed E-state index contributed by atoms with van der Waals surface area (Å²) in [4.78, 5) is 15.7. The second-order valence-electron chi connectivity index (χ2n) is 4.63. The summed E-state index contributed by atoms with van der Waals surface area (Å²) in [6.45, 7) is 7.37. The van der Waals surface area contributed by atoms with E-state index < -0.39 is 0 Å². The smallest absolute Gasteiger partial charge is 0.236 e. The molecule has 0 radical (unpaired) electrons. The number of piperazine rings is 1. The van der Waals surface area contributed by atoms with E-state index in [0.717, 1.165) is 19.5 Å². The van der Waals surface area contributed by atoms with Gasteiger partial charge in [0.2, 0.25) is 5.91 Å². The molecule has 5 nitrogen and oxygen atoms in total. The van der Waals surface area contributed by atoms with Gasteiger partial charge in [0.1, 0.15) is 0 Å². The van der Waals surface area contributed by atoms with E-state index in [1.807, 2.05) is 9.80 Å². The van der Waals surface area contributed by atoms with Gasteiger partial charge in [0.25, 0.3) is 0 Å². The minimum absolute atomic E-state index is 0.120. The summed E-state index contributed by atoms with van der Waals surface area (Å²) >= 11 is 0. The van der Waals surface area contributed by atoms with Crippen LogP contribution < -0.4 is 0 Å². The van der Waals surface area contributed by atoms with Crippen LogP contribution in [0.15, 0.2) is 12.7 Å². The standard InChI is InChI=1S/C13H24N2O3/c1-3-4-5-12(16)10-14-6-7-15(8-9-18-2)13(17)11-14/h3,12,16H,1,4-11H2,2H3. The molecule has 1 unspecified atom stereocenters. The van der Waals surface area contributed by atoms with Crippen molar-refractivity contribution in [1.29, 1.82) is 0 Å². The number of β-amino-alcohol motifs (C(OH)–C–C–N with tert-alkyl or cyclic N) is 1. The van der Waals surface area contributed by atoms with E-state index in [-0.39, 0.29) is 12.0 Å². The molecule has 0 saturated carbocycles. The third-order valence-electron chi connectivity index (χ3n) is 3.14. The lowest BCUT2D eigenvalue weighted by atomic mass is 10.1. The van der Waals surface area contributed by atoms with Gasteiger partial charge in [0.15, 0.2) is 0 Å². The number of aliphatic hydroxyl groups is 1. The quantitative estimate of drug-likeness (QED) is 0.626. The van der Waals surface area contributed by atoms with E-state index in [0.29, 0.717) is 32.7 Å². The highest BCUT2D eigenvalue weighted by Crippen LogP contribution is 2.06. The van der Waals surface area contributed by atoms with Crippen LogP contribution in [0.5, 0.6) is 0 Å². The second kappa shape index (κ2) is 8.24. The molecule has 1 amide bonds. The monoisotopic (exact) mass is 256 g/mol. The average Bonchev–Trinajstić information content (AvgIpc) is 2.35. The first-order chi connectivity index (χ1) is 8.67. The van der Waals surface area contributed by atoms with E-state index >= 15 is 0 Å². The minimum Gasteiger partial charge on any atom is -0.392 e. The molecule has 1 saturated heterocycles. The van der Waals surface area contributed by atoms with Crippen molar-refractivity contribution in [2.45, 2.75) is 18.9 Å². The number of aliphatic hydroxyl groups excluding tert-OH is 1. The third-order valence-corrected chi connectivity index (χ3v) is 3.14. The molecule has 1 aliphatic heterocycles. The summed E-state index contributed by atoms with van der Waals surface area (Å²) in [7, 11) is 1.64. The minimum atomic E-state index is -0.374. The Labute approximate surface area is 109 Å². The molecule has 5 heteroatoms. The number of carbonyl (C=O) groups is 1. The molecule has 104 valence electrons. The number of amides is 1. The Morgan fingerprint density at radius 2 is 2.33 bits per heavy atom. The van der Waals surface area contributed by atoms with Gasteiger partial charge in [-0.05, 0) is 12.8 Å². The highest BCUT2D eigenvalue weighted by atomic mass is 16.5. The molecule has 0 spiro atoms. The summed E-state index contributed by atoms with van der Waals surface area (Å²) in [5, 5.41) is 9.79. The van der Waals surface area contributed by atoms with Crippen LogP contribution in [0.2, 0.25) is 0 Å². The highest BCUT2D eigenvalue weighted by molar-refractivity contribution is 5.79. The Hall–Kier alpha value is -0.910. The number of hydrogen-bond acceptors (Lipinski definition) is 4. The maximum atomic E-state index is 11.8. The van der Waals surface area contributed by atoms with Crippen molar-refractivity contribution in [2.24, 2.45) is 0 Å². The van der Waals surface area contributed by atoms with Crippen LogP contribution in [0, 0.1) is 0 Å². The summed E-state index contributed by atoms with van der Waals surface area (Å²) < 4.78 is 4.97. The van der Waals surface area contributed by atoms with Gasteiger partial charge in [-0.2, -0.15) is 0 Å². The Morgan fingerprint density at radius 1 is 1.56 bits per heavy atom. The lowest BCUT2D eigenvalue weighted by Crippen LogP contribution is -2.52. The van der Waals surface area contributed by atoms with Gasteiger partial charge in [-0.15, -0.1) is 6.58 Å². The molecule has 1 atom stereocenters. The molecular formula is C13H24N2O3. The average molecular weight is 256 g/mol. The topological polar surface area (TPSA) is 53.0 Å². The van der Waals surface area contributed by atoms with Crippen LogP contribution in [-0.4, -0.2) is 73.4 Å². The van der Waals surface area contributed by atoms with E-state index in [1.165, 1.54) is 0 Å². The first-order valence-corrected chi connectivity index (χ1v) is 6.45. The zero-order chi connectivity index (χ0) is 13.4. The molecule has 0 aliphatic carbocycles. The normalized spacial score (nSPS) is 19.0. The number of hydrogen-bond donors (Lipinski definition) is 1. The van der Waals surface area contributed by atoms with Crippen LogP contribution in [0.25, 0.3) is 0 Å². The largest absolute Gasteiger partial charge is 0.392 e. The van der Waals surface area contributed by atoms with Crippen molar-refractivity contribution in [1.82, 2.24) is 9.80 Å². The van der Waals surface area contributed by atoms with Gasteiger partial charge in [-0.3, -0.25) is 9.69 Å². The number of rotatable bonds is 8. The van der Waals surface area contributed by atoms with E-state index in [1.54, 1.807) is 13.2 Å². The van der Waals surface area contributed by atoms with Crippen LogP contribution in [0.3, 0.4) is 0 Å². The van der Waals surface area contributed by atoms with Crippen molar-refractivity contribution in [3.05, 3.63) is 12.7 Å². The Bertz CT molecular complexity index is 271. The fourth-order valence-electron chi connectivity index (χ4n) is 2.05. The molecule has 1 N–H and O–H groups in total. The predicted octanol–water partition coefficient (Wildman–Crippen LogP) is 0.104. The predicted molar refractivity (Wildman–Crippen MR) is 70.3 cm³/mol. The molecule has 0 aromatic rings. The summed E-state index contributed by atoms with van der Waals surface area (Å²) in [6, 6.07) is 0. The van der Waals surface area contributed by atoms with Crippen molar-refractivity contribution >= 4 is 5.91 Å². The third kappa shape index (κ3) is 5.16. The number of allylic oxidation sites excluding steroid dienone is 1. The van der Waals surface area contributed by atoms with Crippen LogP contribution >= 0.6 is 0 Å². The van der Waals surface area contributed by atoms with Crippen LogP contribution in [0.4, 0.5) is 0 Å². The van der Waals surface area contributed by atoms with E-state index in [4.69, 9.17) is 4.74 Å². The van der Waals surface area contributed by atoms with Crippen molar-refractivity contribution in [3.63, 3.8) is 0 Å². The maximum absolute atomic E-state index is 11.8. The summed E-state index contributed by atoms with van der Waals surface area (Å²) in [5.41, 5.74) is 0.